The summed E-state index contributed by atoms with van der Waals surface area (Å²) in [4.78, 5) is 0. The van der Waals surface area contributed by atoms with Gasteiger partial charge in [-0.05, 0) is 89.7 Å². The van der Waals surface area contributed by atoms with E-state index in [4.69, 9.17) is 0 Å². The lowest BCUT2D eigenvalue weighted by Crippen LogP contribution is -2.27. The molecule has 0 fully saturated rings. The Morgan fingerprint density at radius 3 is 1.68 bits per heavy atom. The number of benzene rings is 4. The maximum Gasteiger partial charge on any atom is 0.115 e. The number of aromatic hydroxyl groups is 2. The van der Waals surface area contributed by atoms with Crippen molar-refractivity contribution in [1.29, 1.82) is 0 Å². The van der Waals surface area contributed by atoms with Crippen LogP contribution in [0.1, 0.15) is 34.7 Å². The molecule has 0 unspecified atom stereocenters. The van der Waals surface area contributed by atoms with Crippen LogP contribution in [0.25, 0.3) is 10.8 Å². The molecule has 0 saturated heterocycles. The van der Waals surface area contributed by atoms with Gasteiger partial charge in [0.05, 0.1) is 0 Å². The number of rotatable bonds is 3. The monoisotopic (exact) mass is 368 g/mol. The third kappa shape index (κ3) is 2.91. The highest BCUT2D eigenvalue weighted by Gasteiger charge is 2.34. The number of hydrogen-bond acceptors (Lipinski definition) is 2. The van der Waals surface area contributed by atoms with Crippen LogP contribution in [-0.2, 0) is 5.41 Å². The van der Waals surface area contributed by atoms with E-state index in [1.165, 1.54) is 16.3 Å². The van der Waals surface area contributed by atoms with E-state index in [9.17, 15) is 10.2 Å². The number of phenolic OH excluding ortho intramolecular Hbond substituents is 2. The Bertz CT molecular complexity index is 1120. The van der Waals surface area contributed by atoms with Crippen molar-refractivity contribution < 1.29 is 10.2 Å². The largest absolute Gasteiger partial charge is 0.508 e. The molecule has 4 rings (SSSR count). The molecule has 0 amide bonds. The van der Waals surface area contributed by atoms with Crippen LogP contribution in [0, 0.1) is 13.8 Å². The van der Waals surface area contributed by atoms with Crippen LogP contribution < -0.4 is 0 Å². The van der Waals surface area contributed by atoms with Crippen LogP contribution in [0.4, 0.5) is 0 Å². The van der Waals surface area contributed by atoms with E-state index < -0.39 is 5.41 Å². The Kier molecular flexibility index (Phi) is 4.35. The number of phenols is 2. The SMILES string of the molecule is Cc1cc(O)ccc1C(C)(c1ccc2ccccc2c1)c1ccc(O)cc1C. The van der Waals surface area contributed by atoms with Gasteiger partial charge in [0.1, 0.15) is 11.5 Å². The summed E-state index contributed by atoms with van der Waals surface area (Å²) >= 11 is 0. The average Bonchev–Trinajstić information content (AvgIpc) is 2.67. The van der Waals surface area contributed by atoms with Crippen LogP contribution in [0.3, 0.4) is 0 Å². The van der Waals surface area contributed by atoms with E-state index in [1.54, 1.807) is 12.1 Å². The van der Waals surface area contributed by atoms with E-state index >= 15 is 0 Å². The fourth-order valence-corrected chi connectivity index (χ4v) is 4.37. The molecule has 0 aliphatic rings. The van der Waals surface area contributed by atoms with Crippen molar-refractivity contribution in [3.63, 3.8) is 0 Å². The summed E-state index contributed by atoms with van der Waals surface area (Å²) in [6.45, 7) is 6.28. The van der Waals surface area contributed by atoms with Crippen molar-refractivity contribution >= 4 is 10.8 Å². The normalized spacial score (nSPS) is 11.7. The van der Waals surface area contributed by atoms with Crippen LogP contribution in [0.2, 0.25) is 0 Å². The highest BCUT2D eigenvalue weighted by Crippen LogP contribution is 2.43. The highest BCUT2D eigenvalue weighted by atomic mass is 16.3. The molecule has 2 N–H and O–H groups in total. The minimum Gasteiger partial charge on any atom is -0.508 e. The van der Waals surface area contributed by atoms with Gasteiger partial charge in [0.25, 0.3) is 0 Å². The molecule has 2 nitrogen and oxygen atoms in total. The van der Waals surface area contributed by atoms with Crippen LogP contribution in [-0.4, -0.2) is 10.2 Å². The first-order chi connectivity index (χ1) is 13.4. The zero-order valence-electron chi connectivity index (χ0n) is 16.4. The molecular formula is C26H24O2. The van der Waals surface area contributed by atoms with Crippen molar-refractivity contribution in [3.05, 3.63) is 107 Å². The van der Waals surface area contributed by atoms with Gasteiger partial charge in [-0.2, -0.15) is 0 Å². The molecular weight excluding hydrogens is 344 g/mol. The average molecular weight is 368 g/mol. The lowest BCUT2D eigenvalue weighted by molar-refractivity contribution is 0.473. The zero-order chi connectivity index (χ0) is 19.9. The van der Waals surface area contributed by atoms with Gasteiger partial charge < -0.3 is 10.2 Å². The quantitative estimate of drug-likeness (QED) is 0.421. The Morgan fingerprint density at radius 1 is 0.607 bits per heavy atom. The Labute approximate surface area is 165 Å². The standard InChI is InChI=1S/C26H24O2/c1-17-14-22(27)10-12-24(17)26(3,25-13-11-23(28)15-18(25)2)21-9-8-19-6-4-5-7-20(19)16-21/h4-16,27-28H,1-3H3. The van der Waals surface area contributed by atoms with Crippen molar-refractivity contribution in [3.8, 4) is 11.5 Å². The smallest absolute Gasteiger partial charge is 0.115 e. The molecule has 0 aliphatic heterocycles. The van der Waals surface area contributed by atoms with Crippen LogP contribution >= 0.6 is 0 Å². The molecule has 0 saturated carbocycles. The van der Waals surface area contributed by atoms with Gasteiger partial charge in [-0.3, -0.25) is 0 Å². The van der Waals surface area contributed by atoms with E-state index in [-0.39, 0.29) is 11.5 Å². The predicted octanol–water partition coefficient (Wildman–Crippen LogP) is 6.22. The van der Waals surface area contributed by atoms with E-state index in [1.807, 2.05) is 38.1 Å². The van der Waals surface area contributed by atoms with Gasteiger partial charge in [0, 0.05) is 5.41 Å². The van der Waals surface area contributed by atoms with E-state index in [2.05, 4.69) is 49.4 Å². The number of aryl methyl sites for hydroxylation is 2. The number of hydrogen-bond donors (Lipinski definition) is 2. The summed E-state index contributed by atoms with van der Waals surface area (Å²) in [7, 11) is 0. The molecule has 0 heterocycles. The van der Waals surface area contributed by atoms with Crippen molar-refractivity contribution in [2.24, 2.45) is 0 Å². The molecule has 140 valence electrons. The molecule has 0 aromatic heterocycles. The summed E-state index contributed by atoms with van der Waals surface area (Å²) < 4.78 is 0. The lowest BCUT2D eigenvalue weighted by Gasteiger charge is -2.35. The molecule has 2 heteroatoms. The second-order valence-corrected chi connectivity index (χ2v) is 7.69. The summed E-state index contributed by atoms with van der Waals surface area (Å²) in [5, 5.41) is 22.3. The fraction of sp³-hybridized carbons (Fsp3) is 0.154. The van der Waals surface area contributed by atoms with E-state index in [0.29, 0.717) is 0 Å². The summed E-state index contributed by atoms with van der Waals surface area (Å²) in [6, 6.07) is 26.1. The van der Waals surface area contributed by atoms with Crippen LogP contribution in [0.15, 0.2) is 78.9 Å². The summed E-state index contributed by atoms with van der Waals surface area (Å²) in [5.74, 6) is 0.536. The first-order valence-electron chi connectivity index (χ1n) is 9.49. The topological polar surface area (TPSA) is 40.5 Å². The molecule has 0 bridgehead atoms. The van der Waals surface area contributed by atoms with Crippen LogP contribution in [0.5, 0.6) is 11.5 Å². The molecule has 0 atom stereocenters. The second-order valence-electron chi connectivity index (χ2n) is 7.69. The minimum atomic E-state index is -0.431. The summed E-state index contributed by atoms with van der Waals surface area (Å²) in [6.07, 6.45) is 0. The van der Waals surface area contributed by atoms with Gasteiger partial charge in [-0.25, -0.2) is 0 Å². The fourth-order valence-electron chi connectivity index (χ4n) is 4.37. The Hall–Kier alpha value is -3.26. The van der Waals surface area contributed by atoms with Gasteiger partial charge >= 0.3 is 0 Å². The molecule has 0 aliphatic carbocycles. The predicted molar refractivity (Wildman–Crippen MR) is 115 cm³/mol. The third-order valence-electron chi connectivity index (χ3n) is 5.82. The Morgan fingerprint density at radius 2 is 1.14 bits per heavy atom. The van der Waals surface area contributed by atoms with Crippen molar-refractivity contribution in [2.75, 3.05) is 0 Å². The van der Waals surface area contributed by atoms with Gasteiger partial charge in [0.15, 0.2) is 0 Å². The van der Waals surface area contributed by atoms with Gasteiger partial charge in [-0.15, -0.1) is 0 Å². The molecule has 4 aromatic rings. The first kappa shape index (κ1) is 18.1. The molecule has 4 aromatic carbocycles. The Balaban J connectivity index is 2.05. The zero-order valence-corrected chi connectivity index (χ0v) is 16.4. The summed E-state index contributed by atoms with van der Waals surface area (Å²) in [5.41, 5.74) is 5.07. The third-order valence-corrected chi connectivity index (χ3v) is 5.82. The molecule has 28 heavy (non-hydrogen) atoms. The lowest BCUT2D eigenvalue weighted by atomic mass is 9.68. The van der Waals surface area contributed by atoms with Gasteiger partial charge in [0.2, 0.25) is 0 Å². The first-order valence-corrected chi connectivity index (χ1v) is 9.49. The maximum absolute atomic E-state index is 9.94. The number of fused-ring (bicyclic) bond motifs is 1. The van der Waals surface area contributed by atoms with Crippen molar-refractivity contribution in [1.82, 2.24) is 0 Å². The highest BCUT2D eigenvalue weighted by molar-refractivity contribution is 5.83. The van der Waals surface area contributed by atoms with Crippen molar-refractivity contribution in [2.45, 2.75) is 26.2 Å². The van der Waals surface area contributed by atoms with E-state index in [0.717, 1.165) is 22.3 Å². The maximum atomic E-state index is 9.94. The minimum absolute atomic E-state index is 0.268. The van der Waals surface area contributed by atoms with Gasteiger partial charge in [-0.1, -0.05) is 48.5 Å². The molecule has 0 spiro atoms. The molecule has 0 radical (unpaired) electrons. The second kappa shape index (κ2) is 6.72.